The number of rotatable bonds is 5. The van der Waals surface area contributed by atoms with Gasteiger partial charge in [0.1, 0.15) is 0 Å². The number of benzene rings is 1. The summed E-state index contributed by atoms with van der Waals surface area (Å²) in [5.74, 6) is 1.68. The molecular weight excluding hydrogens is 361 g/mol. The molecule has 1 aliphatic carbocycles. The van der Waals surface area contributed by atoms with E-state index in [-0.39, 0.29) is 24.0 Å². The maximum atomic E-state index is 4.38. The summed E-state index contributed by atoms with van der Waals surface area (Å²) in [7, 11) is 3.98. The molecule has 1 saturated carbocycles. The predicted octanol–water partition coefficient (Wildman–Crippen LogP) is 3.47. The fourth-order valence-corrected chi connectivity index (χ4v) is 2.44. The van der Waals surface area contributed by atoms with Gasteiger partial charge in [-0.1, -0.05) is 43.7 Å². The molecule has 112 valence electrons. The zero-order chi connectivity index (χ0) is 13.7. The molecule has 2 unspecified atom stereocenters. The molecule has 0 bridgehead atoms. The van der Waals surface area contributed by atoms with E-state index in [4.69, 9.17) is 0 Å². The molecular formula is C16H26IN3. The largest absolute Gasteiger partial charge is 0.353 e. The molecule has 1 N–H and O–H groups in total. The number of hydrogen-bond donors (Lipinski definition) is 1. The van der Waals surface area contributed by atoms with Gasteiger partial charge in [0, 0.05) is 32.6 Å². The van der Waals surface area contributed by atoms with Crippen LogP contribution in [0.4, 0.5) is 0 Å². The van der Waals surface area contributed by atoms with Crippen LogP contribution in [0, 0.1) is 0 Å². The summed E-state index contributed by atoms with van der Waals surface area (Å²) < 4.78 is 0. The van der Waals surface area contributed by atoms with E-state index in [1.165, 1.54) is 24.8 Å². The van der Waals surface area contributed by atoms with Crippen molar-refractivity contribution in [3.63, 3.8) is 0 Å². The molecule has 1 aliphatic rings. The molecule has 0 aromatic heterocycles. The Balaban J connectivity index is 0.00000200. The summed E-state index contributed by atoms with van der Waals surface area (Å²) in [6.07, 6.45) is 3.64. The van der Waals surface area contributed by atoms with Gasteiger partial charge in [-0.25, -0.2) is 0 Å². The van der Waals surface area contributed by atoms with Crippen molar-refractivity contribution in [2.24, 2.45) is 4.99 Å². The van der Waals surface area contributed by atoms with Gasteiger partial charge in [-0.15, -0.1) is 24.0 Å². The topological polar surface area (TPSA) is 27.6 Å². The van der Waals surface area contributed by atoms with E-state index in [0.29, 0.717) is 12.0 Å². The van der Waals surface area contributed by atoms with E-state index in [9.17, 15) is 0 Å². The lowest BCUT2D eigenvalue weighted by Gasteiger charge is -2.22. The zero-order valence-corrected chi connectivity index (χ0v) is 15.0. The predicted molar refractivity (Wildman–Crippen MR) is 97.0 cm³/mol. The minimum Gasteiger partial charge on any atom is -0.353 e. The fraction of sp³-hybridized carbons (Fsp3) is 0.562. The van der Waals surface area contributed by atoms with Crippen LogP contribution in [0.5, 0.6) is 0 Å². The third-order valence-corrected chi connectivity index (χ3v) is 3.75. The highest BCUT2D eigenvalue weighted by molar-refractivity contribution is 14.0. The van der Waals surface area contributed by atoms with Crippen LogP contribution in [0.1, 0.15) is 37.7 Å². The fourth-order valence-electron chi connectivity index (χ4n) is 2.44. The molecule has 1 aromatic rings. The molecule has 0 heterocycles. The summed E-state index contributed by atoms with van der Waals surface area (Å²) in [5, 5.41) is 3.57. The Morgan fingerprint density at radius 3 is 2.65 bits per heavy atom. The summed E-state index contributed by atoms with van der Waals surface area (Å²) >= 11 is 0. The average molecular weight is 387 g/mol. The third kappa shape index (κ3) is 4.65. The van der Waals surface area contributed by atoms with Crippen molar-refractivity contribution < 1.29 is 0 Å². The maximum Gasteiger partial charge on any atom is 0.193 e. The highest BCUT2D eigenvalue weighted by Crippen LogP contribution is 2.40. The summed E-state index contributed by atoms with van der Waals surface area (Å²) in [6, 6.07) is 11.3. The van der Waals surface area contributed by atoms with Crippen LogP contribution in [0.15, 0.2) is 35.3 Å². The Hall–Kier alpha value is -0.780. The molecule has 0 spiro atoms. The highest BCUT2D eigenvalue weighted by Gasteiger charge is 2.39. The highest BCUT2D eigenvalue weighted by atomic mass is 127. The van der Waals surface area contributed by atoms with Gasteiger partial charge in [0.2, 0.25) is 0 Å². The summed E-state index contributed by atoms with van der Waals surface area (Å²) in [5.41, 5.74) is 1.44. The van der Waals surface area contributed by atoms with Crippen LogP contribution in [-0.2, 0) is 0 Å². The van der Waals surface area contributed by atoms with Gasteiger partial charge in [0.15, 0.2) is 5.96 Å². The molecule has 2 atom stereocenters. The van der Waals surface area contributed by atoms with Crippen molar-refractivity contribution in [2.45, 2.75) is 38.1 Å². The number of unbranched alkanes of at least 4 members (excludes halogenated alkanes) is 1. The van der Waals surface area contributed by atoms with Gasteiger partial charge >= 0.3 is 0 Å². The van der Waals surface area contributed by atoms with E-state index >= 15 is 0 Å². The smallest absolute Gasteiger partial charge is 0.193 e. The molecule has 3 nitrogen and oxygen atoms in total. The van der Waals surface area contributed by atoms with Crippen molar-refractivity contribution in [1.82, 2.24) is 10.2 Å². The van der Waals surface area contributed by atoms with Gasteiger partial charge < -0.3 is 10.2 Å². The van der Waals surface area contributed by atoms with Crippen LogP contribution in [0.25, 0.3) is 0 Å². The molecule has 20 heavy (non-hydrogen) atoms. The van der Waals surface area contributed by atoms with Crippen molar-refractivity contribution in [1.29, 1.82) is 0 Å². The second-order valence-electron chi connectivity index (χ2n) is 5.33. The lowest BCUT2D eigenvalue weighted by molar-refractivity contribution is 0.464. The van der Waals surface area contributed by atoms with E-state index in [2.05, 4.69) is 59.5 Å². The molecule has 0 amide bonds. The standard InChI is InChI=1S/C16H25N3.HI/c1-4-5-11-19(3)16(17-2)18-15-12-14(15)13-9-7-6-8-10-13;/h6-10,14-15H,4-5,11-12H2,1-3H3,(H,17,18);1H. The lowest BCUT2D eigenvalue weighted by Crippen LogP contribution is -2.40. The summed E-state index contributed by atoms with van der Waals surface area (Å²) in [6.45, 7) is 3.29. The minimum atomic E-state index is 0. The Kier molecular flexibility index (Phi) is 7.34. The number of nitrogens with one attached hydrogen (secondary N) is 1. The van der Waals surface area contributed by atoms with Crippen LogP contribution in [-0.4, -0.2) is 37.5 Å². The Bertz CT molecular complexity index is 419. The van der Waals surface area contributed by atoms with Gasteiger partial charge in [-0.2, -0.15) is 0 Å². The molecule has 1 fully saturated rings. The monoisotopic (exact) mass is 387 g/mol. The number of aliphatic imine (C=N–C) groups is 1. The molecule has 0 radical (unpaired) electrons. The maximum absolute atomic E-state index is 4.38. The van der Waals surface area contributed by atoms with Crippen LogP contribution >= 0.6 is 24.0 Å². The Labute approximate surface area is 139 Å². The third-order valence-electron chi connectivity index (χ3n) is 3.75. The summed E-state index contributed by atoms with van der Waals surface area (Å²) in [4.78, 5) is 6.61. The molecule has 4 heteroatoms. The first-order chi connectivity index (χ1) is 9.26. The Morgan fingerprint density at radius 2 is 2.05 bits per heavy atom. The molecule has 1 aromatic carbocycles. The number of nitrogens with zero attached hydrogens (tertiary/aromatic N) is 2. The number of halogens is 1. The van der Waals surface area contributed by atoms with E-state index in [1.54, 1.807) is 0 Å². The SMILES string of the molecule is CCCCN(C)C(=NC)NC1CC1c1ccccc1.I. The van der Waals surface area contributed by atoms with Crippen molar-refractivity contribution in [3.8, 4) is 0 Å². The quantitative estimate of drug-likeness (QED) is 0.476. The van der Waals surface area contributed by atoms with E-state index < -0.39 is 0 Å². The van der Waals surface area contributed by atoms with Crippen LogP contribution < -0.4 is 5.32 Å². The molecule has 0 saturated heterocycles. The number of hydrogen-bond acceptors (Lipinski definition) is 1. The first-order valence-corrected chi connectivity index (χ1v) is 7.25. The first-order valence-electron chi connectivity index (χ1n) is 7.25. The van der Waals surface area contributed by atoms with Crippen LogP contribution in [0.2, 0.25) is 0 Å². The second-order valence-corrected chi connectivity index (χ2v) is 5.33. The number of guanidine groups is 1. The minimum absolute atomic E-state index is 0. The van der Waals surface area contributed by atoms with E-state index in [0.717, 1.165) is 12.5 Å². The van der Waals surface area contributed by atoms with E-state index in [1.807, 2.05) is 7.05 Å². The molecule has 0 aliphatic heterocycles. The molecule has 2 rings (SSSR count). The lowest BCUT2D eigenvalue weighted by atomic mass is 10.1. The normalized spacial score (nSPS) is 21.1. The second kappa shape index (κ2) is 8.49. The first kappa shape index (κ1) is 17.3. The van der Waals surface area contributed by atoms with Crippen molar-refractivity contribution in [2.75, 3.05) is 20.6 Å². The average Bonchev–Trinajstić information content (AvgIpc) is 3.22. The van der Waals surface area contributed by atoms with Gasteiger partial charge in [0.05, 0.1) is 0 Å². The van der Waals surface area contributed by atoms with Crippen molar-refractivity contribution >= 4 is 29.9 Å². The Morgan fingerprint density at radius 1 is 1.35 bits per heavy atom. The van der Waals surface area contributed by atoms with Gasteiger partial charge in [-0.3, -0.25) is 4.99 Å². The van der Waals surface area contributed by atoms with Gasteiger partial charge in [-0.05, 0) is 18.4 Å². The van der Waals surface area contributed by atoms with Gasteiger partial charge in [0.25, 0.3) is 0 Å². The van der Waals surface area contributed by atoms with Crippen LogP contribution in [0.3, 0.4) is 0 Å². The zero-order valence-electron chi connectivity index (χ0n) is 12.7. The van der Waals surface area contributed by atoms with Crippen molar-refractivity contribution in [3.05, 3.63) is 35.9 Å².